The average Bonchev–Trinajstić information content (AvgIpc) is 3.14. The van der Waals surface area contributed by atoms with E-state index >= 15 is 0 Å². The van der Waals surface area contributed by atoms with Gasteiger partial charge in [0, 0.05) is 48.8 Å². The smallest absolute Gasteiger partial charge is 0.327 e. The maximum Gasteiger partial charge on any atom is 0.327 e. The molecule has 2 rings (SSSR count). The van der Waals surface area contributed by atoms with E-state index < -0.39 is 45.9 Å². The van der Waals surface area contributed by atoms with Crippen molar-refractivity contribution >= 4 is 41.1 Å². The number of rotatable bonds is 5. The Morgan fingerprint density at radius 1 is 1.00 bits per heavy atom. The molecule has 4 N–H and O–H groups in total. The summed E-state index contributed by atoms with van der Waals surface area (Å²) in [7, 11) is 0. The van der Waals surface area contributed by atoms with Crippen molar-refractivity contribution in [1.29, 1.82) is 0 Å². The number of aliphatic hydroxyl groups is 1. The normalized spacial score (nSPS) is 30.2. The number of carboxylic acid groups (broad SMARTS) is 1. The van der Waals surface area contributed by atoms with E-state index in [9.17, 15) is 34.2 Å². The summed E-state index contributed by atoms with van der Waals surface area (Å²) in [5.74, 6) is -3.35. The Labute approximate surface area is 250 Å². The average molecular weight is 595 g/mol. The molecule has 9 nitrogen and oxygen atoms in total. The van der Waals surface area contributed by atoms with Crippen LogP contribution in [0.15, 0.2) is 96.4 Å². The van der Waals surface area contributed by atoms with Crippen LogP contribution in [0.5, 0.6) is 0 Å². The summed E-state index contributed by atoms with van der Waals surface area (Å²) in [6.07, 6.45) is 23.9. The van der Waals surface area contributed by atoms with Gasteiger partial charge in [0.05, 0.1) is 5.57 Å². The Bertz CT molecular complexity index is 1290. The lowest BCUT2D eigenvalue weighted by Gasteiger charge is -2.23. The Balaban J connectivity index is 2.39. The van der Waals surface area contributed by atoms with Crippen LogP contribution < -0.4 is 10.6 Å². The zero-order chi connectivity index (χ0) is 31.1. The Morgan fingerprint density at radius 3 is 2.29 bits per heavy atom. The SMILES string of the molecule is CC(=O)N[C@@H](CSC1\C=C/C=C\C=C/C=C\C(C)CNC(=O)\C=C/C=C\C=C/C2(C)CC(=O)C(O)=C2C(=O)C1)C(=O)O. The van der Waals surface area contributed by atoms with Gasteiger partial charge in [0.25, 0.3) is 0 Å². The van der Waals surface area contributed by atoms with Crippen LogP contribution in [0.25, 0.3) is 0 Å². The van der Waals surface area contributed by atoms with Gasteiger partial charge in [-0.15, -0.1) is 0 Å². The number of hydrogen-bond acceptors (Lipinski definition) is 7. The van der Waals surface area contributed by atoms with E-state index in [1.165, 1.54) is 24.8 Å². The first kappa shape index (κ1) is 34.0. The molecule has 0 spiro atoms. The predicted molar refractivity (Wildman–Crippen MR) is 165 cm³/mol. The minimum Gasteiger partial charge on any atom is -0.504 e. The van der Waals surface area contributed by atoms with E-state index in [2.05, 4.69) is 10.6 Å². The third-order valence-corrected chi connectivity index (χ3v) is 7.66. The van der Waals surface area contributed by atoms with Crippen molar-refractivity contribution < 1.29 is 34.2 Å². The Hall–Kier alpha value is -4.18. The molecule has 1 aliphatic carbocycles. The molecule has 0 aromatic carbocycles. The molecular weight excluding hydrogens is 556 g/mol. The molecule has 0 radical (unpaired) electrons. The van der Waals surface area contributed by atoms with E-state index in [1.54, 1.807) is 61.6 Å². The molecule has 0 saturated heterocycles. The lowest BCUT2D eigenvalue weighted by atomic mass is 9.80. The summed E-state index contributed by atoms with van der Waals surface area (Å²) in [6, 6.07) is -1.15. The molecule has 2 aliphatic rings. The summed E-state index contributed by atoms with van der Waals surface area (Å²) in [4.78, 5) is 61.1. The fourth-order valence-corrected chi connectivity index (χ4v) is 5.38. The van der Waals surface area contributed by atoms with Crippen LogP contribution in [-0.2, 0) is 24.0 Å². The van der Waals surface area contributed by atoms with Crippen molar-refractivity contribution in [1.82, 2.24) is 10.6 Å². The number of ketones is 2. The molecule has 0 aromatic heterocycles. The molecule has 0 fully saturated rings. The van der Waals surface area contributed by atoms with Crippen LogP contribution in [-0.4, -0.2) is 63.2 Å². The highest BCUT2D eigenvalue weighted by atomic mass is 32.2. The molecule has 1 heterocycles. The summed E-state index contributed by atoms with van der Waals surface area (Å²) < 4.78 is 0. The predicted octanol–water partition coefficient (Wildman–Crippen LogP) is 4.09. The van der Waals surface area contributed by atoms with Gasteiger partial charge in [-0.25, -0.2) is 4.79 Å². The quantitative estimate of drug-likeness (QED) is 0.372. The van der Waals surface area contributed by atoms with Gasteiger partial charge in [0.15, 0.2) is 17.3 Å². The highest BCUT2D eigenvalue weighted by Crippen LogP contribution is 2.43. The Morgan fingerprint density at radius 2 is 1.62 bits per heavy atom. The lowest BCUT2D eigenvalue weighted by molar-refractivity contribution is -0.140. The highest BCUT2D eigenvalue weighted by Gasteiger charge is 2.44. The van der Waals surface area contributed by atoms with Gasteiger partial charge in [-0.3, -0.25) is 19.2 Å². The molecule has 10 heteroatoms. The minimum absolute atomic E-state index is 0.000453. The van der Waals surface area contributed by atoms with Crippen LogP contribution in [0.2, 0.25) is 0 Å². The summed E-state index contributed by atoms with van der Waals surface area (Å²) in [5.41, 5.74) is -1.05. The van der Waals surface area contributed by atoms with Gasteiger partial charge in [-0.2, -0.15) is 11.8 Å². The van der Waals surface area contributed by atoms with Crippen LogP contribution in [0, 0.1) is 11.3 Å². The first-order chi connectivity index (χ1) is 19.9. The molecule has 3 unspecified atom stereocenters. The third-order valence-electron chi connectivity index (χ3n) is 6.38. The molecule has 1 aliphatic heterocycles. The topological polar surface area (TPSA) is 150 Å². The molecule has 0 bridgehead atoms. The maximum atomic E-state index is 13.5. The van der Waals surface area contributed by atoms with Gasteiger partial charge in [0.2, 0.25) is 11.8 Å². The largest absolute Gasteiger partial charge is 0.504 e. The second-order valence-electron chi connectivity index (χ2n) is 10.2. The zero-order valence-electron chi connectivity index (χ0n) is 24.0. The van der Waals surface area contributed by atoms with Gasteiger partial charge < -0.3 is 20.8 Å². The molecule has 0 saturated carbocycles. The van der Waals surface area contributed by atoms with Crippen molar-refractivity contribution in [2.75, 3.05) is 12.3 Å². The fraction of sp³-hybridized carbons (Fsp3) is 0.344. The number of nitrogens with one attached hydrogen (secondary N) is 2. The fourth-order valence-electron chi connectivity index (χ4n) is 4.24. The standard InChI is InChI=1S/C32H38N2O7S/c1-22-14-10-6-4-5-7-11-15-24(42-21-25(31(40)41)34-23(2)35)18-26(36)29-30(39)27(37)19-32(29,3)17-13-9-8-12-16-28(38)33-20-22/h4-17,22,24-25,39H,18-21H2,1-3H3,(H,33,38)(H,34,35)(H,40,41)/b6-4-,7-5-,9-8-,14-10-,15-11-,16-12-,17-13-/t22?,24?,25-,32?/m0/s1. The van der Waals surface area contributed by atoms with E-state index in [-0.39, 0.29) is 36.0 Å². The number of Topliss-reactive ketones (excluding diaryl/α,β-unsaturated/α-hetero) is 2. The molecule has 224 valence electrons. The monoisotopic (exact) mass is 594 g/mol. The number of fused-ring (bicyclic) bond motifs is 1. The van der Waals surface area contributed by atoms with Crippen LogP contribution in [0.4, 0.5) is 0 Å². The maximum absolute atomic E-state index is 13.5. The summed E-state index contributed by atoms with van der Waals surface area (Å²) in [5, 5.41) is 24.8. The third kappa shape index (κ3) is 11.4. The first-order valence-corrected chi connectivity index (χ1v) is 14.6. The number of thioether (sulfide) groups is 1. The zero-order valence-corrected chi connectivity index (χ0v) is 24.8. The molecular formula is C32H38N2O7S. The van der Waals surface area contributed by atoms with Crippen LogP contribution in [0.1, 0.15) is 33.6 Å². The van der Waals surface area contributed by atoms with E-state index in [0.717, 1.165) is 0 Å². The second kappa shape index (κ2) is 16.9. The van der Waals surface area contributed by atoms with Gasteiger partial charge in [-0.05, 0) is 5.92 Å². The first-order valence-electron chi connectivity index (χ1n) is 13.5. The number of amides is 2. The minimum atomic E-state index is -1.20. The highest BCUT2D eigenvalue weighted by molar-refractivity contribution is 8.00. The summed E-state index contributed by atoms with van der Waals surface area (Å²) >= 11 is 1.17. The second-order valence-corrected chi connectivity index (χ2v) is 11.5. The summed E-state index contributed by atoms with van der Waals surface area (Å²) in [6.45, 7) is 5.37. The number of hydrogen-bond donors (Lipinski definition) is 4. The van der Waals surface area contributed by atoms with Gasteiger partial charge in [0.1, 0.15) is 6.04 Å². The van der Waals surface area contributed by atoms with Gasteiger partial charge >= 0.3 is 5.97 Å². The molecule has 2 amide bonds. The lowest BCUT2D eigenvalue weighted by Crippen LogP contribution is -2.41. The van der Waals surface area contributed by atoms with E-state index in [4.69, 9.17) is 0 Å². The van der Waals surface area contributed by atoms with E-state index in [1.807, 2.05) is 31.2 Å². The molecule has 0 aromatic rings. The van der Waals surface area contributed by atoms with Crippen molar-refractivity contribution in [3.8, 4) is 0 Å². The van der Waals surface area contributed by atoms with Crippen molar-refractivity contribution in [2.45, 2.75) is 44.9 Å². The number of allylic oxidation sites excluding steroid dienone is 13. The molecule has 42 heavy (non-hydrogen) atoms. The number of aliphatic hydroxyl groups excluding tert-OH is 1. The van der Waals surface area contributed by atoms with Crippen molar-refractivity contribution in [3.63, 3.8) is 0 Å². The van der Waals surface area contributed by atoms with E-state index in [0.29, 0.717) is 6.54 Å². The number of aliphatic carboxylic acids is 1. The number of carbonyl (C=O) groups excluding carboxylic acids is 4. The number of carbonyl (C=O) groups is 5. The Kier molecular flexibility index (Phi) is 13.7. The van der Waals surface area contributed by atoms with Crippen molar-refractivity contribution in [2.24, 2.45) is 11.3 Å². The van der Waals surface area contributed by atoms with Gasteiger partial charge in [-0.1, -0.05) is 92.8 Å². The number of carboxylic acids is 1. The van der Waals surface area contributed by atoms with Crippen molar-refractivity contribution in [3.05, 3.63) is 96.4 Å². The van der Waals surface area contributed by atoms with Crippen LogP contribution >= 0.6 is 11.8 Å². The van der Waals surface area contributed by atoms with Crippen LogP contribution in [0.3, 0.4) is 0 Å². The molecule has 4 atom stereocenters.